The van der Waals surface area contributed by atoms with Gasteiger partial charge in [0.15, 0.2) is 0 Å². The number of ether oxygens (including phenoxy) is 1. The molecule has 0 amide bonds. The Morgan fingerprint density at radius 1 is 1.62 bits per heavy atom. The van der Waals surface area contributed by atoms with Crippen LogP contribution in [-0.2, 0) is 0 Å². The minimum atomic E-state index is 0.409. The molecular formula is C9H10N2OS. The van der Waals surface area contributed by atoms with Gasteiger partial charge in [-0.1, -0.05) is 0 Å². The van der Waals surface area contributed by atoms with Gasteiger partial charge < -0.3 is 4.74 Å². The van der Waals surface area contributed by atoms with Crippen molar-refractivity contribution < 1.29 is 4.74 Å². The first-order valence-electron chi connectivity index (χ1n) is 3.72. The van der Waals surface area contributed by atoms with Crippen LogP contribution in [0.3, 0.4) is 0 Å². The monoisotopic (exact) mass is 194 g/mol. The molecule has 0 bridgehead atoms. The minimum absolute atomic E-state index is 0.409. The second-order valence-electron chi connectivity index (χ2n) is 2.46. The first kappa shape index (κ1) is 9.87. The van der Waals surface area contributed by atoms with Crippen molar-refractivity contribution in [3.63, 3.8) is 0 Å². The number of aryl methyl sites for hydroxylation is 1. The fraction of sp³-hybridized carbons (Fsp3) is 0.333. The van der Waals surface area contributed by atoms with Gasteiger partial charge in [0.05, 0.1) is 7.11 Å². The molecule has 0 fully saturated rings. The summed E-state index contributed by atoms with van der Waals surface area (Å²) in [6.07, 6.45) is 1.93. The lowest BCUT2D eigenvalue weighted by Gasteiger charge is -2.06. The quantitative estimate of drug-likeness (QED) is 0.675. The predicted molar refractivity (Wildman–Crippen MR) is 52.0 cm³/mol. The zero-order chi connectivity index (χ0) is 9.84. The Bertz CT molecular complexity index is 332. The van der Waals surface area contributed by atoms with E-state index >= 15 is 0 Å². The van der Waals surface area contributed by atoms with E-state index in [0.29, 0.717) is 11.4 Å². The molecule has 0 spiro atoms. The first-order chi connectivity index (χ1) is 6.22. The number of nitrogens with zero attached hydrogens (tertiary/aromatic N) is 2. The summed E-state index contributed by atoms with van der Waals surface area (Å²) in [6.45, 7) is 1.88. The predicted octanol–water partition coefficient (Wildman–Crippen LogP) is 1.99. The van der Waals surface area contributed by atoms with Crippen LogP contribution in [0.1, 0.15) is 11.3 Å². The van der Waals surface area contributed by atoms with Crippen LogP contribution >= 0.6 is 11.8 Å². The zero-order valence-electron chi connectivity index (χ0n) is 7.79. The van der Waals surface area contributed by atoms with Crippen LogP contribution in [0.25, 0.3) is 0 Å². The summed E-state index contributed by atoms with van der Waals surface area (Å²) in [5, 5.41) is 8.87. The molecule has 13 heavy (non-hydrogen) atoms. The molecule has 0 aliphatic carbocycles. The average molecular weight is 194 g/mol. The van der Waals surface area contributed by atoms with Gasteiger partial charge in [-0.25, -0.2) is 4.98 Å². The molecule has 68 valence electrons. The van der Waals surface area contributed by atoms with Gasteiger partial charge >= 0.3 is 0 Å². The average Bonchev–Trinajstić information content (AvgIpc) is 2.16. The van der Waals surface area contributed by atoms with E-state index in [-0.39, 0.29) is 0 Å². The van der Waals surface area contributed by atoms with E-state index < -0.39 is 0 Å². The fourth-order valence-corrected chi connectivity index (χ4v) is 1.65. The van der Waals surface area contributed by atoms with Gasteiger partial charge in [0.25, 0.3) is 0 Å². The highest BCUT2D eigenvalue weighted by molar-refractivity contribution is 7.98. The van der Waals surface area contributed by atoms with E-state index in [1.807, 2.05) is 19.2 Å². The number of hydrogen-bond donors (Lipinski definition) is 0. The van der Waals surface area contributed by atoms with E-state index in [1.54, 1.807) is 0 Å². The molecular weight excluding hydrogens is 184 g/mol. The highest BCUT2D eigenvalue weighted by atomic mass is 32.2. The van der Waals surface area contributed by atoms with E-state index in [4.69, 9.17) is 10.00 Å². The molecule has 4 heteroatoms. The standard InChI is InChI=1S/C9H10N2OS/c1-6-4-8(13-3)7(5-10)9(11-6)12-2/h4H,1-3H3. The maximum atomic E-state index is 8.87. The number of rotatable bonds is 2. The van der Waals surface area contributed by atoms with Crippen molar-refractivity contribution >= 4 is 11.8 Å². The lowest BCUT2D eigenvalue weighted by Crippen LogP contribution is -1.95. The van der Waals surface area contributed by atoms with Crippen molar-refractivity contribution in [3.05, 3.63) is 17.3 Å². The van der Waals surface area contributed by atoms with Gasteiger partial charge in [0.1, 0.15) is 11.6 Å². The Kier molecular flexibility index (Phi) is 3.15. The second kappa shape index (κ2) is 4.15. The van der Waals surface area contributed by atoms with E-state index in [9.17, 15) is 0 Å². The fourth-order valence-electron chi connectivity index (χ4n) is 1.03. The second-order valence-corrected chi connectivity index (χ2v) is 3.31. The number of pyridine rings is 1. The topological polar surface area (TPSA) is 45.9 Å². The molecule has 0 radical (unpaired) electrons. The highest BCUT2D eigenvalue weighted by Gasteiger charge is 2.10. The zero-order valence-corrected chi connectivity index (χ0v) is 8.60. The summed E-state index contributed by atoms with van der Waals surface area (Å²) in [5.41, 5.74) is 1.38. The molecule has 1 heterocycles. The van der Waals surface area contributed by atoms with E-state index in [0.717, 1.165) is 10.6 Å². The van der Waals surface area contributed by atoms with Crippen molar-refractivity contribution in [1.82, 2.24) is 4.98 Å². The Hall–Kier alpha value is -1.21. The van der Waals surface area contributed by atoms with Gasteiger partial charge in [0.2, 0.25) is 5.88 Å². The third-order valence-electron chi connectivity index (χ3n) is 1.60. The summed E-state index contributed by atoms with van der Waals surface area (Å²) < 4.78 is 5.01. The lowest BCUT2D eigenvalue weighted by atomic mass is 10.2. The smallest absolute Gasteiger partial charge is 0.232 e. The molecule has 0 N–H and O–H groups in total. The summed E-state index contributed by atoms with van der Waals surface area (Å²) >= 11 is 1.52. The summed E-state index contributed by atoms with van der Waals surface area (Å²) in [7, 11) is 1.52. The Morgan fingerprint density at radius 3 is 2.77 bits per heavy atom. The molecule has 0 unspecified atom stereocenters. The van der Waals surface area contributed by atoms with Gasteiger partial charge in [-0.05, 0) is 19.2 Å². The number of methoxy groups -OCH3 is 1. The van der Waals surface area contributed by atoms with Crippen LogP contribution in [0.5, 0.6) is 5.88 Å². The first-order valence-corrected chi connectivity index (χ1v) is 4.95. The van der Waals surface area contributed by atoms with Crippen molar-refractivity contribution in [3.8, 4) is 11.9 Å². The van der Waals surface area contributed by atoms with Gasteiger partial charge in [0, 0.05) is 10.6 Å². The number of hydrogen-bond acceptors (Lipinski definition) is 4. The molecule has 0 aromatic carbocycles. The molecule has 0 aliphatic rings. The van der Waals surface area contributed by atoms with Crippen LogP contribution in [0.15, 0.2) is 11.0 Å². The Morgan fingerprint density at radius 2 is 2.31 bits per heavy atom. The largest absolute Gasteiger partial charge is 0.480 e. The molecule has 0 aliphatic heterocycles. The van der Waals surface area contributed by atoms with Gasteiger partial charge in [-0.2, -0.15) is 5.26 Å². The van der Waals surface area contributed by atoms with Crippen LogP contribution in [0.2, 0.25) is 0 Å². The molecule has 0 saturated carbocycles. The highest BCUT2D eigenvalue weighted by Crippen LogP contribution is 2.26. The Labute approximate surface area is 81.7 Å². The number of aromatic nitrogens is 1. The molecule has 0 atom stereocenters. The molecule has 1 aromatic rings. The summed E-state index contributed by atoms with van der Waals surface area (Å²) in [4.78, 5) is 5.02. The third-order valence-corrected chi connectivity index (χ3v) is 2.37. The van der Waals surface area contributed by atoms with Crippen molar-refractivity contribution in [1.29, 1.82) is 5.26 Å². The van der Waals surface area contributed by atoms with Crippen LogP contribution in [0, 0.1) is 18.3 Å². The number of nitriles is 1. The third kappa shape index (κ3) is 1.93. The van der Waals surface area contributed by atoms with Crippen LogP contribution in [0.4, 0.5) is 0 Å². The van der Waals surface area contributed by atoms with Crippen molar-refractivity contribution in [2.75, 3.05) is 13.4 Å². The molecule has 0 saturated heterocycles. The minimum Gasteiger partial charge on any atom is -0.480 e. The Balaban J connectivity index is 3.36. The maximum Gasteiger partial charge on any atom is 0.232 e. The lowest BCUT2D eigenvalue weighted by molar-refractivity contribution is 0.394. The maximum absolute atomic E-state index is 8.87. The van der Waals surface area contributed by atoms with E-state index in [2.05, 4.69) is 11.1 Å². The van der Waals surface area contributed by atoms with Crippen LogP contribution < -0.4 is 4.74 Å². The van der Waals surface area contributed by atoms with Crippen LogP contribution in [-0.4, -0.2) is 18.3 Å². The van der Waals surface area contributed by atoms with E-state index in [1.165, 1.54) is 18.9 Å². The summed E-state index contributed by atoms with van der Waals surface area (Å²) in [6, 6.07) is 3.97. The molecule has 1 aromatic heterocycles. The van der Waals surface area contributed by atoms with Crippen molar-refractivity contribution in [2.45, 2.75) is 11.8 Å². The van der Waals surface area contributed by atoms with Crippen molar-refractivity contribution in [2.24, 2.45) is 0 Å². The SMILES string of the molecule is COc1nc(C)cc(SC)c1C#N. The number of thioether (sulfide) groups is 1. The molecule has 3 nitrogen and oxygen atoms in total. The normalized spacial score (nSPS) is 9.38. The van der Waals surface area contributed by atoms with Gasteiger partial charge in [-0.15, -0.1) is 11.8 Å². The van der Waals surface area contributed by atoms with Gasteiger partial charge in [-0.3, -0.25) is 0 Å². The molecule has 1 rings (SSSR count). The summed E-state index contributed by atoms with van der Waals surface area (Å²) in [5.74, 6) is 0.409.